The summed E-state index contributed by atoms with van der Waals surface area (Å²) >= 11 is 0. The number of fused-ring (bicyclic) bond motifs is 3. The third-order valence-corrected chi connectivity index (χ3v) is 5.26. The van der Waals surface area contributed by atoms with Gasteiger partial charge < -0.3 is 20.5 Å². The van der Waals surface area contributed by atoms with Crippen LogP contribution in [0.5, 0.6) is 0 Å². The molecule has 3 aromatic rings. The summed E-state index contributed by atoms with van der Waals surface area (Å²) in [6, 6.07) is 16.2. The molecule has 0 unspecified atom stereocenters. The Labute approximate surface area is 194 Å². The summed E-state index contributed by atoms with van der Waals surface area (Å²) < 4.78 is 6.88. The van der Waals surface area contributed by atoms with Crippen molar-refractivity contribution in [3.05, 3.63) is 71.5 Å². The second-order valence-corrected chi connectivity index (χ2v) is 7.41. The number of hydrogen-bond acceptors (Lipinski definition) is 6. The number of carbonyl (C=O) groups excluding carboxylic acids is 2. The van der Waals surface area contributed by atoms with E-state index >= 15 is 0 Å². The Morgan fingerprint density at radius 3 is 2.38 bits per heavy atom. The van der Waals surface area contributed by atoms with Crippen molar-refractivity contribution in [2.24, 2.45) is 0 Å². The zero-order valence-electron chi connectivity index (χ0n) is 18.0. The van der Waals surface area contributed by atoms with Gasteiger partial charge >= 0.3 is 12.1 Å². The molecule has 2 aromatic carbocycles. The topological polar surface area (TPSA) is 135 Å². The van der Waals surface area contributed by atoms with Gasteiger partial charge in [-0.15, -0.1) is 5.10 Å². The Bertz CT molecular complexity index is 1240. The van der Waals surface area contributed by atoms with Crippen LogP contribution in [-0.2, 0) is 16.1 Å². The van der Waals surface area contributed by atoms with Crippen LogP contribution >= 0.6 is 0 Å². The predicted molar refractivity (Wildman–Crippen MR) is 121 cm³/mol. The molecule has 1 aromatic heterocycles. The summed E-state index contributed by atoms with van der Waals surface area (Å²) in [6.45, 7) is 0.605. The van der Waals surface area contributed by atoms with Gasteiger partial charge in [0.15, 0.2) is 5.69 Å². The van der Waals surface area contributed by atoms with Crippen LogP contribution in [0, 0.1) is 11.8 Å². The number of benzene rings is 2. The first-order chi connectivity index (χ1) is 16.5. The van der Waals surface area contributed by atoms with Crippen molar-refractivity contribution in [1.29, 1.82) is 0 Å². The molecule has 10 nitrogen and oxygen atoms in total. The van der Waals surface area contributed by atoms with E-state index in [-0.39, 0.29) is 37.9 Å². The number of carboxylic acids is 1. The first-order valence-electron chi connectivity index (χ1n) is 10.5. The number of aliphatic carboxylic acids is 1. The molecule has 3 N–H and O–H groups in total. The SMILES string of the molecule is O=C(O)C#CCNC(=O)c1cn(CCNC(=O)OCC2c3ccccc3-c3ccccc32)nn1. The van der Waals surface area contributed by atoms with E-state index in [0.29, 0.717) is 0 Å². The highest BCUT2D eigenvalue weighted by molar-refractivity contribution is 5.92. The molecule has 34 heavy (non-hydrogen) atoms. The molecule has 0 spiro atoms. The number of alkyl carbamates (subject to hydrolysis) is 1. The van der Waals surface area contributed by atoms with Gasteiger partial charge in [-0.05, 0) is 22.3 Å². The number of carbonyl (C=O) groups is 3. The number of carboxylic acid groups (broad SMARTS) is 1. The fourth-order valence-corrected chi connectivity index (χ4v) is 3.77. The summed E-state index contributed by atoms with van der Waals surface area (Å²) in [5, 5.41) is 21.1. The van der Waals surface area contributed by atoms with Crippen LogP contribution in [0.2, 0.25) is 0 Å². The maximum atomic E-state index is 12.2. The summed E-state index contributed by atoms with van der Waals surface area (Å²) in [4.78, 5) is 34.5. The van der Waals surface area contributed by atoms with Crippen LogP contribution in [0.3, 0.4) is 0 Å². The number of nitrogens with zero attached hydrogens (tertiary/aromatic N) is 3. The van der Waals surface area contributed by atoms with Crippen LogP contribution in [0.1, 0.15) is 27.5 Å². The van der Waals surface area contributed by atoms with Gasteiger partial charge in [0.1, 0.15) is 6.61 Å². The first-order valence-corrected chi connectivity index (χ1v) is 10.5. The predicted octanol–water partition coefficient (Wildman–Crippen LogP) is 1.63. The number of ether oxygens (including phenoxy) is 1. The van der Waals surface area contributed by atoms with Crippen molar-refractivity contribution in [3.8, 4) is 23.0 Å². The lowest BCUT2D eigenvalue weighted by molar-refractivity contribution is -0.130. The van der Waals surface area contributed by atoms with E-state index in [1.54, 1.807) is 0 Å². The van der Waals surface area contributed by atoms with Gasteiger partial charge in [-0.3, -0.25) is 4.79 Å². The van der Waals surface area contributed by atoms with Crippen LogP contribution in [0.25, 0.3) is 11.1 Å². The van der Waals surface area contributed by atoms with Crippen molar-refractivity contribution in [1.82, 2.24) is 25.6 Å². The van der Waals surface area contributed by atoms with Gasteiger partial charge in [0.25, 0.3) is 5.91 Å². The van der Waals surface area contributed by atoms with Crippen molar-refractivity contribution in [3.63, 3.8) is 0 Å². The van der Waals surface area contributed by atoms with Gasteiger partial charge in [-0.25, -0.2) is 14.3 Å². The molecule has 1 heterocycles. The highest BCUT2D eigenvalue weighted by atomic mass is 16.5. The van der Waals surface area contributed by atoms with Crippen molar-refractivity contribution in [2.45, 2.75) is 12.5 Å². The number of rotatable bonds is 7. The summed E-state index contributed by atoms with van der Waals surface area (Å²) in [5.74, 6) is 2.35. The number of nitrogens with one attached hydrogen (secondary N) is 2. The first kappa shape index (κ1) is 22.5. The summed E-state index contributed by atoms with van der Waals surface area (Å²) in [5.41, 5.74) is 4.65. The molecule has 0 aliphatic heterocycles. The maximum absolute atomic E-state index is 12.2. The molecule has 1 aliphatic carbocycles. The number of hydrogen-bond donors (Lipinski definition) is 3. The highest BCUT2D eigenvalue weighted by Crippen LogP contribution is 2.44. The molecule has 0 bridgehead atoms. The van der Waals surface area contributed by atoms with E-state index in [2.05, 4.69) is 51.1 Å². The Hall–Kier alpha value is -4.65. The molecule has 0 fully saturated rings. The van der Waals surface area contributed by atoms with E-state index in [1.807, 2.05) is 30.2 Å². The second-order valence-electron chi connectivity index (χ2n) is 7.41. The van der Waals surface area contributed by atoms with Crippen LogP contribution in [-0.4, -0.2) is 57.8 Å². The monoisotopic (exact) mass is 459 g/mol. The average molecular weight is 459 g/mol. The van der Waals surface area contributed by atoms with Gasteiger partial charge in [-0.2, -0.15) is 0 Å². The van der Waals surface area contributed by atoms with Gasteiger partial charge in [0, 0.05) is 18.4 Å². The molecule has 0 radical (unpaired) electrons. The molecular weight excluding hydrogens is 438 g/mol. The number of amides is 2. The van der Waals surface area contributed by atoms with Crippen LogP contribution < -0.4 is 10.6 Å². The minimum Gasteiger partial charge on any atom is -0.472 e. The summed E-state index contributed by atoms with van der Waals surface area (Å²) in [7, 11) is 0. The smallest absolute Gasteiger partial charge is 0.407 e. The third kappa shape index (κ3) is 5.21. The quantitative estimate of drug-likeness (QED) is 0.457. The minimum absolute atomic E-state index is 0.0188. The Morgan fingerprint density at radius 1 is 1.03 bits per heavy atom. The molecular formula is C24H21N5O5. The molecule has 172 valence electrons. The van der Waals surface area contributed by atoms with Crippen molar-refractivity contribution < 1.29 is 24.2 Å². The molecule has 10 heteroatoms. The standard InChI is InChI=1S/C24H21N5O5/c30-22(31)10-5-11-25-23(32)21-14-29(28-27-21)13-12-26-24(33)34-15-20-18-8-3-1-6-16(18)17-7-2-4-9-19(17)20/h1-4,6-9,14,20H,11-13,15H2,(H,25,32)(H,26,33)(H,30,31). The fourth-order valence-electron chi connectivity index (χ4n) is 3.77. The normalized spacial score (nSPS) is 11.5. The van der Waals surface area contributed by atoms with Gasteiger partial charge in [0.2, 0.25) is 0 Å². The van der Waals surface area contributed by atoms with Crippen LogP contribution in [0.4, 0.5) is 4.79 Å². The fraction of sp³-hybridized carbons (Fsp3) is 0.208. The molecule has 0 atom stereocenters. The van der Waals surface area contributed by atoms with E-state index in [1.165, 1.54) is 10.9 Å². The zero-order valence-corrected chi connectivity index (χ0v) is 18.0. The Morgan fingerprint density at radius 2 is 1.71 bits per heavy atom. The van der Waals surface area contributed by atoms with E-state index in [4.69, 9.17) is 9.84 Å². The van der Waals surface area contributed by atoms with E-state index in [0.717, 1.165) is 22.3 Å². The van der Waals surface area contributed by atoms with E-state index < -0.39 is 18.0 Å². The van der Waals surface area contributed by atoms with Crippen molar-refractivity contribution in [2.75, 3.05) is 19.7 Å². The van der Waals surface area contributed by atoms with Gasteiger partial charge in [-0.1, -0.05) is 59.7 Å². The average Bonchev–Trinajstić information content (AvgIpc) is 3.43. The van der Waals surface area contributed by atoms with E-state index in [9.17, 15) is 14.4 Å². The lowest BCUT2D eigenvalue weighted by Crippen LogP contribution is -2.29. The largest absolute Gasteiger partial charge is 0.472 e. The van der Waals surface area contributed by atoms with Gasteiger partial charge in [0.05, 0.1) is 19.3 Å². The Balaban J connectivity index is 1.23. The zero-order chi connectivity index (χ0) is 23.9. The lowest BCUT2D eigenvalue weighted by atomic mass is 9.98. The molecule has 1 aliphatic rings. The lowest BCUT2D eigenvalue weighted by Gasteiger charge is -2.14. The molecule has 2 amide bonds. The number of aromatic nitrogens is 3. The van der Waals surface area contributed by atoms with Crippen LogP contribution in [0.15, 0.2) is 54.7 Å². The third-order valence-electron chi connectivity index (χ3n) is 5.26. The van der Waals surface area contributed by atoms with Crippen molar-refractivity contribution >= 4 is 18.0 Å². The second kappa shape index (κ2) is 10.3. The molecule has 0 saturated carbocycles. The summed E-state index contributed by atoms with van der Waals surface area (Å²) in [6.07, 6.45) is 0.872. The Kier molecular flexibility index (Phi) is 6.84. The highest BCUT2D eigenvalue weighted by Gasteiger charge is 2.28. The maximum Gasteiger partial charge on any atom is 0.407 e. The minimum atomic E-state index is -1.27. The molecule has 4 rings (SSSR count). The molecule has 0 saturated heterocycles.